The molecule has 7 heteroatoms. The summed E-state index contributed by atoms with van der Waals surface area (Å²) in [7, 11) is 1.54. The van der Waals surface area contributed by atoms with E-state index in [0.29, 0.717) is 47.9 Å². The number of carboxylic acids is 1. The van der Waals surface area contributed by atoms with Crippen LogP contribution in [0.1, 0.15) is 39.5 Å². The smallest absolute Gasteiger partial charge is 0.323 e. The van der Waals surface area contributed by atoms with E-state index in [1.165, 1.54) is 12.0 Å². The third-order valence-corrected chi connectivity index (χ3v) is 6.78. The minimum Gasteiger partial charge on any atom is -0.493 e. The third kappa shape index (κ3) is 5.82. The van der Waals surface area contributed by atoms with E-state index in [9.17, 15) is 14.7 Å². The summed E-state index contributed by atoms with van der Waals surface area (Å²) in [6, 6.07) is 19.0. The van der Waals surface area contributed by atoms with Crippen LogP contribution < -0.4 is 9.47 Å². The zero-order chi connectivity index (χ0) is 25.9. The van der Waals surface area contributed by atoms with Crippen LogP contribution in [0.4, 0.5) is 0 Å². The number of nitrogens with zero attached hydrogens (tertiary/aromatic N) is 1. The number of halogens is 1. The highest BCUT2D eigenvalue weighted by atomic mass is 35.5. The molecule has 0 fully saturated rings. The Balaban J connectivity index is 1.57. The predicted molar refractivity (Wildman–Crippen MR) is 139 cm³/mol. The maximum Gasteiger partial charge on any atom is 0.323 e. The number of ether oxygens (including phenoxy) is 2. The number of aliphatic carboxylic acids is 1. The van der Waals surface area contributed by atoms with E-state index >= 15 is 0 Å². The molecular formula is C29H30ClNO5. The van der Waals surface area contributed by atoms with Gasteiger partial charge in [-0.2, -0.15) is 0 Å². The fourth-order valence-corrected chi connectivity index (χ4v) is 4.87. The van der Waals surface area contributed by atoms with Gasteiger partial charge in [0.1, 0.15) is 12.1 Å². The fraction of sp³-hybridized carbons (Fsp3) is 0.310. The first-order valence-electron chi connectivity index (χ1n) is 11.9. The predicted octanol–water partition coefficient (Wildman–Crippen LogP) is 5.36. The van der Waals surface area contributed by atoms with E-state index in [1.54, 1.807) is 12.1 Å². The average Bonchev–Trinajstić information content (AvgIpc) is 3.18. The maximum absolute atomic E-state index is 13.5. The average molecular weight is 508 g/mol. The molecule has 0 radical (unpaired) electrons. The zero-order valence-electron chi connectivity index (χ0n) is 20.7. The lowest BCUT2D eigenvalue weighted by Gasteiger charge is -2.24. The summed E-state index contributed by atoms with van der Waals surface area (Å²) in [5.74, 6) is -0.321. The Labute approximate surface area is 216 Å². The van der Waals surface area contributed by atoms with Crippen molar-refractivity contribution in [2.75, 3.05) is 20.2 Å². The van der Waals surface area contributed by atoms with Gasteiger partial charge in [-0.3, -0.25) is 9.59 Å². The summed E-state index contributed by atoms with van der Waals surface area (Å²) in [4.78, 5) is 26.4. The van der Waals surface area contributed by atoms with Crippen molar-refractivity contribution >= 4 is 23.5 Å². The Kier molecular flexibility index (Phi) is 7.55. The van der Waals surface area contributed by atoms with E-state index in [1.807, 2.05) is 62.4 Å². The van der Waals surface area contributed by atoms with Gasteiger partial charge in [0.25, 0.3) is 5.91 Å². The molecule has 188 valence electrons. The molecule has 1 heterocycles. The number of rotatable bonds is 9. The second kappa shape index (κ2) is 10.6. The first kappa shape index (κ1) is 25.6. The molecule has 1 aliphatic heterocycles. The highest BCUT2D eigenvalue weighted by molar-refractivity contribution is 6.30. The molecule has 3 aromatic rings. The molecule has 0 aromatic heterocycles. The number of hydrogen-bond acceptors (Lipinski definition) is 4. The SMILES string of the molecule is COc1cc(C(=O)N(CCc2ccccc2C)CC(=O)O)cc2c1O[C@](C)(Cc1ccc(Cl)cc1)C2. The van der Waals surface area contributed by atoms with Crippen LogP contribution in [0.15, 0.2) is 60.7 Å². The van der Waals surface area contributed by atoms with Crippen molar-refractivity contribution in [2.45, 2.75) is 38.7 Å². The van der Waals surface area contributed by atoms with Crippen LogP contribution in [0, 0.1) is 6.92 Å². The number of fused-ring (bicyclic) bond motifs is 1. The Morgan fingerprint density at radius 3 is 2.53 bits per heavy atom. The lowest BCUT2D eigenvalue weighted by molar-refractivity contribution is -0.137. The fourth-order valence-electron chi connectivity index (χ4n) is 4.74. The molecule has 3 aromatic carbocycles. The molecule has 0 spiro atoms. The molecule has 1 aliphatic rings. The summed E-state index contributed by atoms with van der Waals surface area (Å²) in [6.07, 6.45) is 1.81. The van der Waals surface area contributed by atoms with Gasteiger partial charge >= 0.3 is 5.97 Å². The number of carboxylic acid groups (broad SMARTS) is 1. The Morgan fingerprint density at radius 1 is 1.14 bits per heavy atom. The molecule has 0 aliphatic carbocycles. The largest absolute Gasteiger partial charge is 0.493 e. The number of benzene rings is 3. The quantitative estimate of drug-likeness (QED) is 0.422. The summed E-state index contributed by atoms with van der Waals surface area (Å²) < 4.78 is 11.9. The number of aryl methyl sites for hydroxylation is 1. The Hall–Kier alpha value is -3.51. The zero-order valence-corrected chi connectivity index (χ0v) is 21.5. The standard InChI is InChI=1S/C29H30ClNO5/c1-19-6-4-5-7-21(19)12-13-31(18-26(32)33)28(34)22-14-23-17-29(2,36-27(23)25(15-22)35-3)16-20-8-10-24(30)11-9-20/h4-11,14-15H,12-13,16-18H2,1-3H3,(H,32,33)/t29-/m1/s1. The van der Waals surface area contributed by atoms with Crippen molar-refractivity contribution < 1.29 is 24.2 Å². The van der Waals surface area contributed by atoms with Crippen LogP contribution in [0.5, 0.6) is 11.5 Å². The molecule has 0 unspecified atom stereocenters. The second-order valence-corrected chi connectivity index (χ2v) is 9.93. The van der Waals surface area contributed by atoms with Gasteiger partial charge in [-0.1, -0.05) is 48.0 Å². The third-order valence-electron chi connectivity index (χ3n) is 6.53. The second-order valence-electron chi connectivity index (χ2n) is 9.50. The first-order chi connectivity index (χ1) is 17.2. The van der Waals surface area contributed by atoms with Crippen LogP contribution in [0.3, 0.4) is 0 Å². The highest BCUT2D eigenvalue weighted by Crippen LogP contribution is 2.44. The number of carbonyl (C=O) groups is 2. The first-order valence-corrected chi connectivity index (χ1v) is 12.3. The minimum absolute atomic E-state index is 0.292. The maximum atomic E-state index is 13.5. The normalized spacial score (nSPS) is 16.2. The van der Waals surface area contributed by atoms with E-state index in [0.717, 1.165) is 22.3 Å². The topological polar surface area (TPSA) is 76.1 Å². The summed E-state index contributed by atoms with van der Waals surface area (Å²) in [5.41, 5.74) is 4.01. The lowest BCUT2D eigenvalue weighted by atomic mass is 9.91. The molecule has 1 N–H and O–H groups in total. The van der Waals surface area contributed by atoms with Crippen molar-refractivity contribution in [3.05, 3.63) is 93.5 Å². The Morgan fingerprint density at radius 2 is 1.86 bits per heavy atom. The van der Waals surface area contributed by atoms with Gasteiger partial charge in [0.05, 0.1) is 7.11 Å². The number of methoxy groups -OCH3 is 1. The summed E-state index contributed by atoms with van der Waals surface area (Å²) in [5, 5.41) is 10.1. The van der Waals surface area contributed by atoms with Crippen LogP contribution in [0.2, 0.25) is 5.02 Å². The van der Waals surface area contributed by atoms with Gasteiger partial charge in [0.2, 0.25) is 0 Å². The number of hydrogen-bond donors (Lipinski definition) is 1. The number of amides is 1. The van der Waals surface area contributed by atoms with Crippen molar-refractivity contribution in [1.82, 2.24) is 4.90 Å². The molecule has 0 saturated heterocycles. The van der Waals surface area contributed by atoms with Gasteiger partial charge in [0, 0.05) is 35.5 Å². The van der Waals surface area contributed by atoms with Crippen molar-refractivity contribution in [3.63, 3.8) is 0 Å². The molecule has 1 atom stereocenters. The Bertz CT molecular complexity index is 1270. The molecule has 36 heavy (non-hydrogen) atoms. The minimum atomic E-state index is -1.06. The van der Waals surface area contributed by atoms with Gasteiger partial charge in [-0.15, -0.1) is 0 Å². The molecule has 1 amide bonds. The molecule has 6 nitrogen and oxygen atoms in total. The molecule has 0 saturated carbocycles. The molecule has 4 rings (SSSR count). The van der Waals surface area contributed by atoms with Crippen LogP contribution in [0.25, 0.3) is 0 Å². The van der Waals surface area contributed by atoms with E-state index in [-0.39, 0.29) is 12.5 Å². The van der Waals surface area contributed by atoms with Gasteiger partial charge in [-0.25, -0.2) is 0 Å². The van der Waals surface area contributed by atoms with Crippen LogP contribution in [-0.2, 0) is 24.1 Å². The summed E-state index contributed by atoms with van der Waals surface area (Å²) >= 11 is 6.02. The van der Waals surface area contributed by atoms with E-state index < -0.39 is 11.6 Å². The molecule has 0 bridgehead atoms. The van der Waals surface area contributed by atoms with Crippen LogP contribution in [-0.4, -0.2) is 47.7 Å². The van der Waals surface area contributed by atoms with Crippen molar-refractivity contribution in [1.29, 1.82) is 0 Å². The van der Waals surface area contributed by atoms with Gasteiger partial charge < -0.3 is 19.5 Å². The van der Waals surface area contributed by atoms with Crippen molar-refractivity contribution in [3.8, 4) is 11.5 Å². The highest BCUT2D eigenvalue weighted by Gasteiger charge is 2.38. The van der Waals surface area contributed by atoms with Crippen molar-refractivity contribution in [2.24, 2.45) is 0 Å². The monoisotopic (exact) mass is 507 g/mol. The van der Waals surface area contributed by atoms with Gasteiger partial charge in [-0.05, 0) is 61.2 Å². The lowest BCUT2D eigenvalue weighted by Crippen LogP contribution is -2.37. The van der Waals surface area contributed by atoms with E-state index in [4.69, 9.17) is 21.1 Å². The van der Waals surface area contributed by atoms with E-state index in [2.05, 4.69) is 0 Å². The molecular weight excluding hydrogens is 478 g/mol. The number of carbonyl (C=O) groups excluding carboxylic acids is 1. The van der Waals surface area contributed by atoms with Crippen LogP contribution >= 0.6 is 11.6 Å². The summed E-state index contributed by atoms with van der Waals surface area (Å²) in [6.45, 7) is 3.95. The van der Waals surface area contributed by atoms with Gasteiger partial charge in [0.15, 0.2) is 11.5 Å².